The van der Waals surface area contributed by atoms with Gasteiger partial charge in [-0.15, -0.1) is 0 Å². The van der Waals surface area contributed by atoms with E-state index in [1.165, 1.54) is 5.56 Å². The second-order valence-corrected chi connectivity index (χ2v) is 4.68. The second-order valence-electron chi connectivity index (χ2n) is 4.25. The fourth-order valence-corrected chi connectivity index (χ4v) is 2.40. The van der Waals surface area contributed by atoms with Crippen LogP contribution in [0.1, 0.15) is 30.7 Å². The molecule has 2 atom stereocenters. The van der Waals surface area contributed by atoms with Crippen LogP contribution in [-0.4, -0.2) is 24.4 Å². The van der Waals surface area contributed by atoms with E-state index in [1.807, 2.05) is 24.3 Å². The van der Waals surface area contributed by atoms with Crippen LogP contribution in [0.3, 0.4) is 0 Å². The predicted molar refractivity (Wildman–Crippen MR) is 64.9 cm³/mol. The van der Waals surface area contributed by atoms with E-state index < -0.39 is 0 Å². The molecule has 1 aliphatic rings. The normalized spacial score (nSPS) is 26.4. The molecule has 0 saturated carbocycles. The van der Waals surface area contributed by atoms with Crippen LogP contribution in [0, 0.1) is 0 Å². The zero-order valence-electron chi connectivity index (χ0n) is 9.23. The van der Waals surface area contributed by atoms with Crippen LogP contribution < -0.4 is 0 Å². The van der Waals surface area contributed by atoms with Crippen LogP contribution in [0.5, 0.6) is 0 Å². The summed E-state index contributed by atoms with van der Waals surface area (Å²) in [4.78, 5) is 0. The van der Waals surface area contributed by atoms with Crippen molar-refractivity contribution in [3.05, 3.63) is 34.9 Å². The Morgan fingerprint density at radius 2 is 2.00 bits per heavy atom. The van der Waals surface area contributed by atoms with E-state index >= 15 is 0 Å². The predicted octanol–water partition coefficient (Wildman–Crippen LogP) is 2.99. The summed E-state index contributed by atoms with van der Waals surface area (Å²) in [6.07, 6.45) is 3.25. The molecule has 0 radical (unpaired) electrons. The third-order valence-electron chi connectivity index (χ3n) is 3.17. The van der Waals surface area contributed by atoms with E-state index in [-0.39, 0.29) is 12.7 Å². The van der Waals surface area contributed by atoms with Crippen LogP contribution in [0.2, 0.25) is 5.02 Å². The molecule has 88 valence electrons. The van der Waals surface area contributed by atoms with Gasteiger partial charge in [-0.05, 0) is 30.5 Å². The molecule has 1 heterocycles. The number of aliphatic hydroxyl groups excluding tert-OH is 1. The summed E-state index contributed by atoms with van der Waals surface area (Å²) in [6.45, 7) is 0.850. The highest BCUT2D eigenvalue weighted by Gasteiger charge is 2.25. The zero-order valence-corrected chi connectivity index (χ0v) is 9.99. The molecule has 0 aromatic heterocycles. The number of rotatable bonds is 2. The molecule has 2 rings (SSSR count). The molecule has 2 nitrogen and oxygen atoms in total. The third-order valence-corrected chi connectivity index (χ3v) is 3.42. The SMILES string of the molecule is OCC1OCCCCC1c1ccc(Cl)cc1. The maximum atomic E-state index is 9.35. The first-order valence-corrected chi connectivity index (χ1v) is 6.17. The van der Waals surface area contributed by atoms with Gasteiger partial charge in [-0.25, -0.2) is 0 Å². The topological polar surface area (TPSA) is 29.5 Å². The summed E-state index contributed by atoms with van der Waals surface area (Å²) >= 11 is 5.87. The van der Waals surface area contributed by atoms with Gasteiger partial charge in [0.05, 0.1) is 12.7 Å². The number of hydrogen-bond acceptors (Lipinski definition) is 2. The second kappa shape index (κ2) is 5.67. The van der Waals surface area contributed by atoms with Crippen LogP contribution in [0.25, 0.3) is 0 Å². The summed E-state index contributed by atoms with van der Waals surface area (Å²) in [7, 11) is 0. The molecule has 1 N–H and O–H groups in total. The Morgan fingerprint density at radius 3 is 2.69 bits per heavy atom. The van der Waals surface area contributed by atoms with Crippen molar-refractivity contribution < 1.29 is 9.84 Å². The molecule has 0 amide bonds. The Morgan fingerprint density at radius 1 is 1.25 bits per heavy atom. The van der Waals surface area contributed by atoms with Gasteiger partial charge < -0.3 is 9.84 Å². The standard InChI is InChI=1S/C13H17ClO2/c14-11-6-4-10(5-7-11)12-3-1-2-8-16-13(12)9-15/h4-7,12-13,15H,1-3,8-9H2. The quantitative estimate of drug-likeness (QED) is 0.861. The zero-order chi connectivity index (χ0) is 11.4. The fraction of sp³-hybridized carbons (Fsp3) is 0.538. The minimum Gasteiger partial charge on any atom is -0.394 e. The molecule has 0 spiro atoms. The monoisotopic (exact) mass is 240 g/mol. The first-order valence-electron chi connectivity index (χ1n) is 5.79. The molecule has 1 aromatic carbocycles. The van der Waals surface area contributed by atoms with Crippen LogP contribution in [-0.2, 0) is 4.74 Å². The first-order chi connectivity index (χ1) is 7.81. The van der Waals surface area contributed by atoms with Crippen molar-refractivity contribution in [2.75, 3.05) is 13.2 Å². The van der Waals surface area contributed by atoms with Crippen molar-refractivity contribution in [3.8, 4) is 0 Å². The smallest absolute Gasteiger partial charge is 0.0873 e. The Hall–Kier alpha value is -0.570. The Kier molecular flexibility index (Phi) is 4.22. The third kappa shape index (κ3) is 2.76. The van der Waals surface area contributed by atoms with Crippen LogP contribution in [0.15, 0.2) is 24.3 Å². The maximum Gasteiger partial charge on any atom is 0.0873 e. The van der Waals surface area contributed by atoms with Gasteiger partial charge in [-0.2, -0.15) is 0 Å². The van der Waals surface area contributed by atoms with Gasteiger partial charge in [0.15, 0.2) is 0 Å². The number of halogens is 1. The summed E-state index contributed by atoms with van der Waals surface area (Å²) < 4.78 is 5.67. The van der Waals surface area contributed by atoms with Gasteiger partial charge in [-0.1, -0.05) is 30.2 Å². The molecule has 16 heavy (non-hydrogen) atoms. The number of ether oxygens (including phenoxy) is 1. The van der Waals surface area contributed by atoms with Gasteiger partial charge in [0.2, 0.25) is 0 Å². The van der Waals surface area contributed by atoms with Gasteiger partial charge in [0.1, 0.15) is 0 Å². The highest BCUT2D eigenvalue weighted by molar-refractivity contribution is 6.30. The minimum absolute atomic E-state index is 0.0660. The first kappa shape index (κ1) is 11.9. The van der Waals surface area contributed by atoms with E-state index in [1.54, 1.807) is 0 Å². The molecule has 0 aliphatic carbocycles. The lowest BCUT2D eigenvalue weighted by Crippen LogP contribution is -2.24. The molecular formula is C13H17ClO2. The number of aliphatic hydroxyl groups is 1. The lowest BCUT2D eigenvalue weighted by atomic mass is 9.89. The van der Waals surface area contributed by atoms with Crippen molar-refractivity contribution in [1.82, 2.24) is 0 Å². The van der Waals surface area contributed by atoms with Crippen LogP contribution in [0.4, 0.5) is 0 Å². The Labute approximate surface area is 101 Å². The summed E-state index contributed by atoms with van der Waals surface area (Å²) in [5, 5.41) is 10.1. The van der Waals surface area contributed by atoms with Crippen molar-refractivity contribution in [2.24, 2.45) is 0 Å². The molecule has 1 aromatic rings. The van der Waals surface area contributed by atoms with E-state index in [0.717, 1.165) is 30.9 Å². The van der Waals surface area contributed by atoms with E-state index in [0.29, 0.717) is 5.92 Å². The van der Waals surface area contributed by atoms with Crippen molar-refractivity contribution >= 4 is 11.6 Å². The maximum absolute atomic E-state index is 9.35. The van der Waals surface area contributed by atoms with Crippen molar-refractivity contribution in [1.29, 1.82) is 0 Å². The van der Waals surface area contributed by atoms with E-state index in [9.17, 15) is 5.11 Å². The highest BCUT2D eigenvalue weighted by Crippen LogP contribution is 2.30. The lowest BCUT2D eigenvalue weighted by Gasteiger charge is -2.23. The molecule has 1 saturated heterocycles. The molecule has 0 bridgehead atoms. The molecule has 1 fully saturated rings. The van der Waals surface area contributed by atoms with Crippen molar-refractivity contribution in [2.45, 2.75) is 31.3 Å². The highest BCUT2D eigenvalue weighted by atomic mass is 35.5. The number of hydrogen-bond donors (Lipinski definition) is 1. The molecule has 1 aliphatic heterocycles. The average Bonchev–Trinajstić information content (AvgIpc) is 2.55. The summed E-state index contributed by atoms with van der Waals surface area (Å²) in [5.41, 5.74) is 1.21. The van der Waals surface area contributed by atoms with Gasteiger partial charge >= 0.3 is 0 Å². The fourth-order valence-electron chi connectivity index (χ4n) is 2.27. The molecule has 3 heteroatoms. The van der Waals surface area contributed by atoms with Gasteiger partial charge in [-0.3, -0.25) is 0 Å². The summed E-state index contributed by atoms with van der Waals surface area (Å²) in [6, 6.07) is 7.86. The Balaban J connectivity index is 2.18. The van der Waals surface area contributed by atoms with Gasteiger partial charge in [0.25, 0.3) is 0 Å². The average molecular weight is 241 g/mol. The molecule has 2 unspecified atom stereocenters. The van der Waals surface area contributed by atoms with Crippen LogP contribution >= 0.6 is 11.6 Å². The minimum atomic E-state index is -0.0660. The summed E-state index contributed by atoms with van der Waals surface area (Å²) in [5.74, 6) is 0.296. The van der Waals surface area contributed by atoms with E-state index in [4.69, 9.17) is 16.3 Å². The van der Waals surface area contributed by atoms with E-state index in [2.05, 4.69) is 0 Å². The molecular weight excluding hydrogens is 224 g/mol. The number of benzene rings is 1. The largest absolute Gasteiger partial charge is 0.394 e. The van der Waals surface area contributed by atoms with Gasteiger partial charge in [0, 0.05) is 17.5 Å². The Bertz CT molecular complexity index is 323. The lowest BCUT2D eigenvalue weighted by molar-refractivity contribution is 0.00589. The van der Waals surface area contributed by atoms with Crippen molar-refractivity contribution in [3.63, 3.8) is 0 Å².